The lowest BCUT2D eigenvalue weighted by Crippen LogP contribution is -2.40. The summed E-state index contributed by atoms with van der Waals surface area (Å²) in [6, 6.07) is 7.09. The molecule has 0 bridgehead atoms. The monoisotopic (exact) mass is 432 g/mol. The Morgan fingerprint density at radius 1 is 1.12 bits per heavy atom. The summed E-state index contributed by atoms with van der Waals surface area (Å²) in [6.07, 6.45) is 7.80. The molecule has 2 aromatic heterocycles. The largest absolute Gasteiger partial charge is 0.497 e. The number of benzene rings is 1. The summed E-state index contributed by atoms with van der Waals surface area (Å²) in [6.45, 7) is 2.96. The molecule has 9 heteroatoms. The first-order chi connectivity index (χ1) is 15.5. The molecule has 1 aromatic carbocycles. The van der Waals surface area contributed by atoms with Crippen LogP contribution in [0.4, 0.5) is 5.69 Å². The first-order valence-corrected chi connectivity index (χ1v) is 10.4. The van der Waals surface area contributed by atoms with E-state index in [1.165, 1.54) is 12.4 Å². The molecule has 0 aliphatic carbocycles. The quantitative estimate of drug-likeness (QED) is 0.660. The Labute approximate surface area is 185 Å². The molecule has 1 aliphatic rings. The Morgan fingerprint density at radius 2 is 1.94 bits per heavy atom. The van der Waals surface area contributed by atoms with E-state index in [-0.39, 0.29) is 17.7 Å². The van der Waals surface area contributed by atoms with Gasteiger partial charge in [-0.1, -0.05) is 0 Å². The van der Waals surface area contributed by atoms with Gasteiger partial charge in [0, 0.05) is 43.3 Å². The zero-order chi connectivity index (χ0) is 22.5. The van der Waals surface area contributed by atoms with Crippen LogP contribution in [-0.4, -0.2) is 56.8 Å². The van der Waals surface area contributed by atoms with Crippen LogP contribution in [0.2, 0.25) is 0 Å². The van der Waals surface area contributed by atoms with E-state index in [1.807, 2.05) is 0 Å². The van der Waals surface area contributed by atoms with Gasteiger partial charge in [0.25, 0.3) is 11.8 Å². The summed E-state index contributed by atoms with van der Waals surface area (Å²) in [5, 5.41) is 2.85. The summed E-state index contributed by atoms with van der Waals surface area (Å²) in [5.41, 5.74) is 1.99. The number of methoxy groups -OCH3 is 1. The average Bonchev–Trinajstić information content (AvgIpc) is 2.84. The zero-order valence-electron chi connectivity index (χ0n) is 18.0. The van der Waals surface area contributed by atoms with Crippen LogP contribution in [-0.2, 0) is 0 Å². The van der Waals surface area contributed by atoms with Crippen molar-refractivity contribution in [1.82, 2.24) is 24.8 Å². The molecule has 0 radical (unpaired) electrons. The highest BCUT2D eigenvalue weighted by atomic mass is 16.5. The van der Waals surface area contributed by atoms with E-state index in [9.17, 15) is 9.59 Å². The summed E-state index contributed by atoms with van der Waals surface area (Å²) >= 11 is 0. The van der Waals surface area contributed by atoms with Crippen molar-refractivity contribution < 1.29 is 14.3 Å². The van der Waals surface area contributed by atoms with Crippen molar-refractivity contribution in [2.45, 2.75) is 25.7 Å². The third kappa shape index (κ3) is 4.72. The molecule has 3 heterocycles. The number of hydrogen-bond acceptors (Lipinski definition) is 7. The number of nitrogens with one attached hydrogen (secondary N) is 1. The topological polar surface area (TPSA) is 110 Å². The first-order valence-electron chi connectivity index (χ1n) is 10.4. The maximum absolute atomic E-state index is 12.7. The lowest BCUT2D eigenvalue weighted by Gasteiger charge is -2.31. The summed E-state index contributed by atoms with van der Waals surface area (Å²) in [5.74, 6) is 0.936. The normalized spacial score (nSPS) is 15.8. The van der Waals surface area contributed by atoms with E-state index < -0.39 is 0 Å². The number of carbonyl (C=O) groups is 2. The smallest absolute Gasteiger partial charge is 0.274 e. The number of carbonyl (C=O) groups excluding carboxylic acids is 2. The maximum Gasteiger partial charge on any atom is 0.274 e. The van der Waals surface area contributed by atoms with Crippen molar-refractivity contribution in [1.29, 1.82) is 0 Å². The second-order valence-corrected chi connectivity index (χ2v) is 7.59. The molecule has 9 nitrogen and oxygen atoms in total. The molecule has 164 valence electrons. The number of likely N-dealkylation sites (tertiary alicyclic amines) is 1. The molecule has 1 fully saturated rings. The first kappa shape index (κ1) is 21.4. The number of rotatable bonds is 5. The Hall–Kier alpha value is -3.88. The number of piperidine rings is 1. The Kier molecular flexibility index (Phi) is 6.34. The molecule has 1 N–H and O–H groups in total. The SMILES string of the molecule is COc1ccc(NC(=O)c2cnc(C3CCCN(C(=O)c4cnccn4)C3)nc2C)cc1. The van der Waals surface area contributed by atoms with Gasteiger partial charge in [0.2, 0.25) is 0 Å². The third-order valence-electron chi connectivity index (χ3n) is 5.45. The molecular weight excluding hydrogens is 408 g/mol. The molecular formula is C23H24N6O3. The number of anilines is 1. The van der Waals surface area contributed by atoms with Crippen LogP contribution in [0.3, 0.4) is 0 Å². The van der Waals surface area contributed by atoms with Crippen LogP contribution in [0.15, 0.2) is 49.1 Å². The maximum atomic E-state index is 12.7. The molecule has 32 heavy (non-hydrogen) atoms. The lowest BCUT2D eigenvalue weighted by atomic mass is 9.96. The van der Waals surface area contributed by atoms with Crippen molar-refractivity contribution in [3.63, 3.8) is 0 Å². The van der Waals surface area contributed by atoms with Gasteiger partial charge in [-0.3, -0.25) is 14.6 Å². The summed E-state index contributed by atoms with van der Waals surface area (Å²) < 4.78 is 5.13. The predicted molar refractivity (Wildman–Crippen MR) is 118 cm³/mol. The highest BCUT2D eigenvalue weighted by molar-refractivity contribution is 6.04. The van der Waals surface area contributed by atoms with Gasteiger partial charge in [-0.25, -0.2) is 15.0 Å². The highest BCUT2D eigenvalue weighted by Crippen LogP contribution is 2.26. The number of aryl methyl sites for hydroxylation is 1. The number of ether oxygens (including phenoxy) is 1. The van der Waals surface area contributed by atoms with Crippen molar-refractivity contribution in [2.75, 3.05) is 25.5 Å². The van der Waals surface area contributed by atoms with Gasteiger partial charge in [-0.15, -0.1) is 0 Å². The van der Waals surface area contributed by atoms with E-state index in [0.29, 0.717) is 47.3 Å². The van der Waals surface area contributed by atoms with Gasteiger partial charge < -0.3 is 15.0 Å². The fraction of sp³-hybridized carbons (Fsp3) is 0.304. The summed E-state index contributed by atoms with van der Waals surface area (Å²) in [4.78, 5) is 44.3. The van der Waals surface area contributed by atoms with Crippen molar-refractivity contribution >= 4 is 17.5 Å². The zero-order valence-corrected chi connectivity index (χ0v) is 18.0. The van der Waals surface area contributed by atoms with Crippen molar-refractivity contribution in [2.24, 2.45) is 0 Å². The number of aromatic nitrogens is 4. The van der Waals surface area contributed by atoms with Gasteiger partial charge in [0.1, 0.15) is 17.3 Å². The number of nitrogens with zero attached hydrogens (tertiary/aromatic N) is 5. The van der Waals surface area contributed by atoms with E-state index in [2.05, 4.69) is 25.3 Å². The van der Waals surface area contributed by atoms with Gasteiger partial charge in [0.15, 0.2) is 0 Å². The van der Waals surface area contributed by atoms with E-state index in [0.717, 1.165) is 12.8 Å². The average molecular weight is 432 g/mol. The van der Waals surface area contributed by atoms with E-state index >= 15 is 0 Å². The molecule has 1 unspecified atom stereocenters. The third-order valence-corrected chi connectivity index (χ3v) is 5.45. The highest BCUT2D eigenvalue weighted by Gasteiger charge is 2.28. The van der Waals surface area contributed by atoms with Crippen molar-refractivity contribution in [3.05, 3.63) is 71.8 Å². The van der Waals surface area contributed by atoms with E-state index in [1.54, 1.807) is 55.6 Å². The second kappa shape index (κ2) is 9.51. The molecule has 1 aliphatic heterocycles. The van der Waals surface area contributed by atoms with Gasteiger partial charge >= 0.3 is 0 Å². The van der Waals surface area contributed by atoms with Crippen LogP contribution in [0, 0.1) is 6.92 Å². The van der Waals surface area contributed by atoms with E-state index in [4.69, 9.17) is 4.74 Å². The predicted octanol–water partition coefficient (Wildman–Crippen LogP) is 2.86. The minimum atomic E-state index is -0.276. The molecule has 3 aromatic rings. The molecule has 0 saturated carbocycles. The van der Waals surface area contributed by atoms with Gasteiger partial charge in [-0.05, 0) is 44.0 Å². The second-order valence-electron chi connectivity index (χ2n) is 7.59. The standard InChI is InChI=1S/C23H24N6O3/c1-15-19(22(30)28-17-5-7-18(32-2)8-6-17)12-26-21(27-15)16-4-3-11-29(14-16)23(31)20-13-24-9-10-25-20/h5-10,12-13,16H,3-4,11,14H2,1-2H3,(H,28,30). The molecule has 0 spiro atoms. The fourth-order valence-electron chi connectivity index (χ4n) is 3.72. The Balaban J connectivity index is 1.45. The Morgan fingerprint density at radius 3 is 2.62 bits per heavy atom. The Bertz CT molecular complexity index is 1100. The molecule has 2 amide bonds. The minimum absolute atomic E-state index is 0.00164. The van der Waals surface area contributed by atoms with Crippen LogP contribution >= 0.6 is 0 Å². The van der Waals surface area contributed by atoms with Crippen LogP contribution in [0.5, 0.6) is 5.75 Å². The number of amides is 2. The van der Waals surface area contributed by atoms with Crippen molar-refractivity contribution in [3.8, 4) is 5.75 Å². The summed E-state index contributed by atoms with van der Waals surface area (Å²) in [7, 11) is 1.59. The van der Waals surface area contributed by atoms with Crippen LogP contribution in [0.25, 0.3) is 0 Å². The number of hydrogen-bond donors (Lipinski definition) is 1. The molecule has 1 atom stereocenters. The lowest BCUT2D eigenvalue weighted by molar-refractivity contribution is 0.0698. The van der Waals surface area contributed by atoms with Crippen LogP contribution in [0.1, 0.15) is 51.1 Å². The molecule has 4 rings (SSSR count). The minimum Gasteiger partial charge on any atom is -0.497 e. The van der Waals surface area contributed by atoms with Gasteiger partial charge in [-0.2, -0.15) is 0 Å². The fourth-order valence-corrected chi connectivity index (χ4v) is 3.72. The van der Waals surface area contributed by atoms with Gasteiger partial charge in [0.05, 0.1) is 24.6 Å². The van der Waals surface area contributed by atoms with Crippen LogP contribution < -0.4 is 10.1 Å². The molecule has 1 saturated heterocycles.